The number of ether oxygens (including phenoxy) is 2. The molecule has 0 bridgehead atoms. The molecule has 2 aromatic carbocycles. The molecule has 0 fully saturated rings. The zero-order valence-electron chi connectivity index (χ0n) is 17.4. The van der Waals surface area contributed by atoms with Crippen LogP contribution in [0, 0.1) is 6.92 Å². The van der Waals surface area contributed by atoms with E-state index in [4.69, 9.17) is 4.74 Å². The van der Waals surface area contributed by atoms with Crippen LogP contribution in [0.15, 0.2) is 59.5 Å². The minimum Gasteiger partial charge on any atom is -0.482 e. The highest BCUT2D eigenvalue weighted by molar-refractivity contribution is 5.98. The predicted molar refractivity (Wildman–Crippen MR) is 114 cm³/mol. The van der Waals surface area contributed by atoms with E-state index in [1.807, 2.05) is 0 Å². The number of aliphatic hydroxyl groups is 1. The smallest absolute Gasteiger partial charge is 0.482 e. The number of carbonyl (C=O) groups excluding carboxylic acids is 1. The van der Waals surface area contributed by atoms with Crippen molar-refractivity contribution in [3.63, 3.8) is 0 Å². The summed E-state index contributed by atoms with van der Waals surface area (Å²) in [4.78, 5) is 26.1. The molecule has 2 heterocycles. The van der Waals surface area contributed by atoms with Crippen molar-refractivity contribution in [2.75, 3.05) is 24.7 Å². The molecule has 0 radical (unpaired) electrons. The average molecular weight is 460 g/mol. The lowest BCUT2D eigenvalue weighted by Gasteiger charge is -2.29. The number of pyridine rings is 1. The molecule has 3 aromatic rings. The van der Waals surface area contributed by atoms with Crippen LogP contribution in [0.3, 0.4) is 0 Å². The highest BCUT2D eigenvalue weighted by Gasteiger charge is 2.31. The standard InChI is InChI=1S/C23H19F3N2O5/c1-14-10-21(30)28(16-3-5-17(6-4-16)33-23(24,25)26)12-18(14)15-2-7-19-20(11-15)32-13-22(31)27(19)8-9-29/h2-7,10-12,29H,8-9,13H2,1H3. The zero-order valence-corrected chi connectivity index (χ0v) is 17.4. The molecular formula is C23H19F3N2O5. The first-order valence-corrected chi connectivity index (χ1v) is 9.94. The summed E-state index contributed by atoms with van der Waals surface area (Å²) in [5.74, 6) is -0.182. The van der Waals surface area contributed by atoms with Gasteiger partial charge in [-0.3, -0.25) is 14.2 Å². The van der Waals surface area contributed by atoms with Crippen LogP contribution in [-0.4, -0.2) is 41.7 Å². The number of β-amino-alcohol motifs (C(OH)–C–C–N with tert-alkyl or cyclic N) is 1. The largest absolute Gasteiger partial charge is 0.573 e. The molecule has 1 aliphatic rings. The Labute approximate surface area is 186 Å². The second-order valence-corrected chi connectivity index (χ2v) is 7.36. The molecule has 0 atom stereocenters. The molecule has 1 amide bonds. The number of aryl methyl sites for hydroxylation is 1. The van der Waals surface area contributed by atoms with Crippen LogP contribution in [0.25, 0.3) is 16.8 Å². The number of aliphatic hydroxyl groups excluding tert-OH is 1. The predicted octanol–water partition coefficient (Wildman–Crippen LogP) is 3.43. The van der Waals surface area contributed by atoms with E-state index in [-0.39, 0.29) is 37.0 Å². The fraction of sp³-hybridized carbons (Fsp3) is 0.217. The molecule has 172 valence electrons. The summed E-state index contributed by atoms with van der Waals surface area (Å²) in [5.41, 5.74) is 2.65. The van der Waals surface area contributed by atoms with Gasteiger partial charge in [-0.05, 0) is 54.4 Å². The SMILES string of the molecule is Cc1cc(=O)n(-c2ccc(OC(F)(F)F)cc2)cc1-c1ccc2c(c1)OCC(=O)N2CCO. The Hall–Kier alpha value is -3.79. The Balaban J connectivity index is 1.71. The molecular weight excluding hydrogens is 441 g/mol. The van der Waals surface area contributed by atoms with Gasteiger partial charge in [0.05, 0.1) is 12.3 Å². The molecule has 0 saturated carbocycles. The Morgan fingerprint density at radius 1 is 1.09 bits per heavy atom. The van der Waals surface area contributed by atoms with Crippen molar-refractivity contribution in [2.45, 2.75) is 13.3 Å². The number of halogens is 3. The number of hydrogen-bond acceptors (Lipinski definition) is 5. The molecule has 0 spiro atoms. The van der Waals surface area contributed by atoms with Crippen molar-refractivity contribution in [2.24, 2.45) is 0 Å². The quantitative estimate of drug-likeness (QED) is 0.631. The summed E-state index contributed by atoms with van der Waals surface area (Å²) >= 11 is 0. The first-order chi connectivity index (χ1) is 15.7. The van der Waals surface area contributed by atoms with E-state index in [1.165, 1.54) is 27.7 Å². The molecule has 33 heavy (non-hydrogen) atoms. The Morgan fingerprint density at radius 3 is 2.48 bits per heavy atom. The molecule has 0 saturated heterocycles. The van der Waals surface area contributed by atoms with Gasteiger partial charge >= 0.3 is 6.36 Å². The van der Waals surface area contributed by atoms with Crippen LogP contribution in [0.1, 0.15) is 5.56 Å². The maximum Gasteiger partial charge on any atom is 0.573 e. The monoisotopic (exact) mass is 460 g/mol. The van der Waals surface area contributed by atoms with Gasteiger partial charge < -0.3 is 19.5 Å². The number of rotatable bonds is 5. The maximum absolute atomic E-state index is 12.6. The van der Waals surface area contributed by atoms with Gasteiger partial charge in [-0.2, -0.15) is 0 Å². The third-order valence-corrected chi connectivity index (χ3v) is 5.15. The van der Waals surface area contributed by atoms with Crippen LogP contribution in [-0.2, 0) is 4.79 Å². The number of alkyl halides is 3. The summed E-state index contributed by atoms with van der Waals surface area (Å²) in [6.07, 6.45) is -3.21. The van der Waals surface area contributed by atoms with E-state index >= 15 is 0 Å². The normalized spacial score (nSPS) is 13.5. The van der Waals surface area contributed by atoms with Crippen LogP contribution in [0.4, 0.5) is 18.9 Å². The number of carbonyl (C=O) groups is 1. The van der Waals surface area contributed by atoms with Crippen molar-refractivity contribution < 1.29 is 32.5 Å². The molecule has 1 aromatic heterocycles. The van der Waals surface area contributed by atoms with Crippen LogP contribution < -0.4 is 19.9 Å². The van der Waals surface area contributed by atoms with Crippen molar-refractivity contribution in [1.82, 2.24) is 4.57 Å². The number of benzene rings is 2. The zero-order chi connectivity index (χ0) is 23.8. The number of hydrogen-bond donors (Lipinski definition) is 1. The van der Waals surface area contributed by atoms with Gasteiger partial charge in [-0.15, -0.1) is 13.2 Å². The minimum absolute atomic E-state index is 0.145. The number of amides is 1. The van der Waals surface area contributed by atoms with E-state index < -0.39 is 6.36 Å². The van der Waals surface area contributed by atoms with Crippen LogP contribution >= 0.6 is 0 Å². The molecule has 0 unspecified atom stereocenters. The first-order valence-electron chi connectivity index (χ1n) is 9.94. The molecule has 10 heteroatoms. The summed E-state index contributed by atoms with van der Waals surface area (Å²) in [5, 5.41) is 9.24. The molecule has 1 N–H and O–H groups in total. The van der Waals surface area contributed by atoms with Crippen molar-refractivity contribution >= 4 is 11.6 Å². The van der Waals surface area contributed by atoms with Crippen LogP contribution in [0.5, 0.6) is 11.5 Å². The fourth-order valence-electron chi connectivity index (χ4n) is 3.66. The lowest BCUT2D eigenvalue weighted by molar-refractivity contribution is -0.274. The van der Waals surface area contributed by atoms with Gasteiger partial charge in [0, 0.05) is 30.1 Å². The third-order valence-electron chi connectivity index (χ3n) is 5.15. The summed E-state index contributed by atoms with van der Waals surface area (Å²) in [6.45, 7) is 1.57. The van der Waals surface area contributed by atoms with Gasteiger partial charge in [0.15, 0.2) is 6.61 Å². The van der Waals surface area contributed by atoms with Gasteiger partial charge in [0.25, 0.3) is 11.5 Å². The van der Waals surface area contributed by atoms with Crippen molar-refractivity contribution in [3.8, 4) is 28.3 Å². The summed E-state index contributed by atoms with van der Waals surface area (Å²) < 4.78 is 48.0. The number of anilines is 1. The summed E-state index contributed by atoms with van der Waals surface area (Å²) in [6, 6.07) is 11.6. The van der Waals surface area contributed by atoms with Gasteiger partial charge in [0.1, 0.15) is 11.5 Å². The molecule has 4 rings (SSSR count). The Kier molecular flexibility index (Phi) is 5.86. The fourth-order valence-corrected chi connectivity index (χ4v) is 3.66. The average Bonchev–Trinajstić information content (AvgIpc) is 2.75. The second-order valence-electron chi connectivity index (χ2n) is 7.36. The summed E-state index contributed by atoms with van der Waals surface area (Å²) in [7, 11) is 0. The van der Waals surface area contributed by atoms with Crippen LogP contribution in [0.2, 0.25) is 0 Å². The van der Waals surface area contributed by atoms with Gasteiger partial charge in [-0.25, -0.2) is 0 Å². The minimum atomic E-state index is -4.80. The molecule has 7 nitrogen and oxygen atoms in total. The van der Waals surface area contributed by atoms with E-state index in [9.17, 15) is 27.9 Å². The topological polar surface area (TPSA) is 81.0 Å². The van der Waals surface area contributed by atoms with Crippen molar-refractivity contribution in [1.29, 1.82) is 0 Å². The van der Waals surface area contributed by atoms with Crippen molar-refractivity contribution in [3.05, 3.63) is 70.6 Å². The van der Waals surface area contributed by atoms with Gasteiger partial charge in [0.2, 0.25) is 0 Å². The highest BCUT2D eigenvalue weighted by atomic mass is 19.4. The Bertz CT molecular complexity index is 1250. The van der Waals surface area contributed by atoms with E-state index in [0.717, 1.165) is 17.7 Å². The molecule has 0 aliphatic carbocycles. The van der Waals surface area contributed by atoms with E-state index in [1.54, 1.807) is 31.3 Å². The number of nitrogens with zero attached hydrogens (tertiary/aromatic N) is 2. The number of fused-ring (bicyclic) bond motifs is 1. The van der Waals surface area contributed by atoms with E-state index in [2.05, 4.69) is 4.74 Å². The lowest BCUT2D eigenvalue weighted by atomic mass is 10.0. The first kappa shape index (κ1) is 22.4. The maximum atomic E-state index is 12.6. The van der Waals surface area contributed by atoms with E-state index in [0.29, 0.717) is 28.3 Å². The third kappa shape index (κ3) is 4.70. The van der Waals surface area contributed by atoms with Gasteiger partial charge in [-0.1, -0.05) is 6.07 Å². The molecule has 1 aliphatic heterocycles. The number of aromatic nitrogens is 1. The highest BCUT2D eigenvalue weighted by Crippen LogP contribution is 2.36. The lowest BCUT2D eigenvalue weighted by Crippen LogP contribution is -2.40. The Morgan fingerprint density at radius 2 is 1.82 bits per heavy atom. The second kappa shape index (κ2) is 8.62.